The fourth-order valence-corrected chi connectivity index (χ4v) is 2.73. The molecule has 0 radical (unpaired) electrons. The number of hydrogen-bond donors (Lipinski definition) is 1. The lowest BCUT2D eigenvalue weighted by molar-refractivity contribution is -0.0960. The molecule has 0 aliphatic rings. The molecule has 0 heterocycles. The van der Waals surface area contributed by atoms with Crippen molar-refractivity contribution < 1.29 is 22.3 Å². The van der Waals surface area contributed by atoms with E-state index in [1.54, 1.807) is 0 Å². The predicted molar refractivity (Wildman–Crippen MR) is 64.4 cm³/mol. The van der Waals surface area contributed by atoms with Crippen molar-refractivity contribution in [2.45, 2.75) is 11.2 Å². The summed E-state index contributed by atoms with van der Waals surface area (Å²) in [6.45, 7) is -0.109. The molecule has 1 aromatic carbocycles. The zero-order valence-electron chi connectivity index (χ0n) is 9.81. The smallest absolute Gasteiger partial charge is 0.242 e. The zero-order valence-corrected chi connectivity index (χ0v) is 11.4. The second kappa shape index (κ2) is 6.44. The van der Waals surface area contributed by atoms with E-state index in [-0.39, 0.29) is 16.5 Å². The van der Waals surface area contributed by atoms with E-state index in [2.05, 4.69) is 4.72 Å². The van der Waals surface area contributed by atoms with Crippen LogP contribution in [0.5, 0.6) is 0 Å². The molecule has 1 rings (SSSR count). The number of ether oxygens (including phenoxy) is 2. The molecule has 0 atom stereocenters. The molecule has 102 valence electrons. The van der Waals surface area contributed by atoms with Crippen LogP contribution in [0.25, 0.3) is 0 Å². The average Bonchev–Trinajstić information content (AvgIpc) is 2.33. The number of halogens is 2. The maximum Gasteiger partial charge on any atom is 0.242 e. The molecular weight excluding hydrogens is 285 g/mol. The molecule has 0 aromatic heterocycles. The highest BCUT2D eigenvalue weighted by atomic mass is 35.5. The van der Waals surface area contributed by atoms with Crippen molar-refractivity contribution in [1.29, 1.82) is 0 Å². The van der Waals surface area contributed by atoms with E-state index in [0.717, 1.165) is 12.1 Å². The van der Waals surface area contributed by atoms with Crippen molar-refractivity contribution >= 4 is 21.6 Å². The number of methoxy groups -OCH3 is 2. The van der Waals surface area contributed by atoms with Gasteiger partial charge in [-0.2, -0.15) is 0 Å². The van der Waals surface area contributed by atoms with Gasteiger partial charge in [0.15, 0.2) is 6.29 Å². The molecule has 0 saturated heterocycles. The topological polar surface area (TPSA) is 64.6 Å². The van der Waals surface area contributed by atoms with E-state index >= 15 is 0 Å². The largest absolute Gasteiger partial charge is 0.355 e. The van der Waals surface area contributed by atoms with Crippen LogP contribution in [0.4, 0.5) is 4.39 Å². The Balaban J connectivity index is 2.89. The third kappa shape index (κ3) is 3.89. The van der Waals surface area contributed by atoms with Crippen molar-refractivity contribution in [3.63, 3.8) is 0 Å². The highest BCUT2D eigenvalue weighted by molar-refractivity contribution is 7.89. The van der Waals surface area contributed by atoms with Crippen LogP contribution in [0.3, 0.4) is 0 Å². The van der Waals surface area contributed by atoms with Gasteiger partial charge in [-0.1, -0.05) is 11.6 Å². The fraction of sp³-hybridized carbons (Fsp3) is 0.400. The summed E-state index contributed by atoms with van der Waals surface area (Å²) < 4.78 is 48.6. The first-order chi connectivity index (χ1) is 8.40. The monoisotopic (exact) mass is 297 g/mol. The minimum absolute atomic E-state index is 0.0599. The van der Waals surface area contributed by atoms with Crippen molar-refractivity contribution in [1.82, 2.24) is 4.72 Å². The number of rotatable bonds is 6. The minimum atomic E-state index is -3.91. The molecule has 0 unspecified atom stereocenters. The summed E-state index contributed by atoms with van der Waals surface area (Å²) in [6.07, 6.45) is -0.730. The second-order valence-corrected chi connectivity index (χ2v) is 5.47. The molecule has 0 aliphatic carbocycles. The van der Waals surface area contributed by atoms with Gasteiger partial charge in [0.05, 0.1) is 11.6 Å². The molecular formula is C10H13ClFNO4S. The van der Waals surface area contributed by atoms with Gasteiger partial charge in [-0.3, -0.25) is 0 Å². The summed E-state index contributed by atoms with van der Waals surface area (Å²) >= 11 is 5.72. The van der Waals surface area contributed by atoms with Gasteiger partial charge in [0, 0.05) is 14.2 Å². The Bertz CT molecular complexity index is 505. The van der Waals surface area contributed by atoms with Crippen molar-refractivity contribution in [2.75, 3.05) is 20.8 Å². The number of benzene rings is 1. The molecule has 0 amide bonds. The van der Waals surface area contributed by atoms with Gasteiger partial charge in [-0.15, -0.1) is 0 Å². The average molecular weight is 298 g/mol. The van der Waals surface area contributed by atoms with E-state index in [1.807, 2.05) is 0 Å². The lowest BCUT2D eigenvalue weighted by Crippen LogP contribution is -2.34. The van der Waals surface area contributed by atoms with Crippen LogP contribution in [0.1, 0.15) is 0 Å². The lowest BCUT2D eigenvalue weighted by Gasteiger charge is -2.14. The quantitative estimate of drug-likeness (QED) is 0.806. The second-order valence-electron chi connectivity index (χ2n) is 3.33. The maximum absolute atomic E-state index is 13.0. The Kier molecular flexibility index (Phi) is 5.48. The van der Waals surface area contributed by atoms with Gasteiger partial charge < -0.3 is 9.47 Å². The summed E-state index contributed by atoms with van der Waals surface area (Å²) in [5.41, 5.74) is 0. The first-order valence-electron chi connectivity index (χ1n) is 4.91. The molecule has 0 fully saturated rings. The van der Waals surface area contributed by atoms with Crippen LogP contribution in [-0.2, 0) is 19.5 Å². The Morgan fingerprint density at radius 2 is 2.00 bits per heavy atom. The predicted octanol–water partition coefficient (Wildman–Crippen LogP) is 1.38. The molecule has 8 heteroatoms. The van der Waals surface area contributed by atoms with Gasteiger partial charge in [0.1, 0.15) is 10.7 Å². The maximum atomic E-state index is 13.0. The molecule has 1 aromatic rings. The minimum Gasteiger partial charge on any atom is -0.355 e. The molecule has 0 saturated carbocycles. The molecule has 1 N–H and O–H groups in total. The standard InChI is InChI=1S/C10H13ClFNO4S/c1-16-10(17-2)6-13-18(14,15)9-5-7(12)3-4-8(9)11/h3-5,10,13H,6H2,1-2H3. The normalized spacial score (nSPS) is 12.1. The summed E-state index contributed by atoms with van der Waals surface area (Å²) in [6, 6.07) is 3.10. The van der Waals surface area contributed by atoms with Crippen LogP contribution < -0.4 is 4.72 Å². The summed E-state index contributed by atoms with van der Waals surface area (Å²) in [5.74, 6) is -0.685. The van der Waals surface area contributed by atoms with E-state index in [0.29, 0.717) is 0 Å². The number of hydrogen-bond acceptors (Lipinski definition) is 4. The van der Waals surface area contributed by atoms with Gasteiger partial charge in [0.2, 0.25) is 10.0 Å². The molecule has 0 spiro atoms. The molecule has 5 nitrogen and oxygen atoms in total. The Morgan fingerprint density at radius 1 is 1.39 bits per heavy atom. The molecule has 0 bridgehead atoms. The summed E-state index contributed by atoms with van der Waals surface area (Å²) in [5, 5.41) is -0.0599. The van der Waals surface area contributed by atoms with Crippen molar-refractivity contribution in [3.8, 4) is 0 Å². The van der Waals surface area contributed by atoms with Gasteiger partial charge >= 0.3 is 0 Å². The van der Waals surface area contributed by atoms with E-state index in [9.17, 15) is 12.8 Å². The Hall–Kier alpha value is -0.730. The third-order valence-electron chi connectivity index (χ3n) is 2.15. The van der Waals surface area contributed by atoms with Crippen LogP contribution in [0, 0.1) is 5.82 Å². The first kappa shape index (κ1) is 15.3. The van der Waals surface area contributed by atoms with Gasteiger partial charge in [-0.25, -0.2) is 17.5 Å². The van der Waals surface area contributed by atoms with Gasteiger partial charge in [-0.05, 0) is 18.2 Å². The van der Waals surface area contributed by atoms with Crippen LogP contribution in [-0.4, -0.2) is 35.5 Å². The third-order valence-corrected chi connectivity index (χ3v) is 4.05. The highest BCUT2D eigenvalue weighted by Crippen LogP contribution is 2.21. The van der Waals surface area contributed by atoms with E-state index in [4.69, 9.17) is 21.1 Å². The summed E-state index contributed by atoms with van der Waals surface area (Å²) in [4.78, 5) is -0.324. The molecule has 0 aliphatic heterocycles. The summed E-state index contributed by atoms with van der Waals surface area (Å²) in [7, 11) is -1.17. The van der Waals surface area contributed by atoms with Crippen molar-refractivity contribution in [3.05, 3.63) is 29.0 Å². The van der Waals surface area contributed by atoms with E-state index < -0.39 is 22.1 Å². The van der Waals surface area contributed by atoms with Crippen molar-refractivity contribution in [2.24, 2.45) is 0 Å². The zero-order chi connectivity index (χ0) is 13.8. The van der Waals surface area contributed by atoms with Crippen LogP contribution in [0.15, 0.2) is 23.1 Å². The lowest BCUT2D eigenvalue weighted by atomic mass is 10.3. The Labute approximate surface area is 110 Å². The SMILES string of the molecule is COC(CNS(=O)(=O)c1cc(F)ccc1Cl)OC. The Morgan fingerprint density at radius 3 is 2.56 bits per heavy atom. The fourth-order valence-electron chi connectivity index (χ4n) is 1.20. The van der Waals surface area contributed by atoms with Gasteiger partial charge in [0.25, 0.3) is 0 Å². The van der Waals surface area contributed by atoms with Crippen LogP contribution in [0.2, 0.25) is 5.02 Å². The first-order valence-corrected chi connectivity index (χ1v) is 6.77. The van der Waals surface area contributed by atoms with Crippen LogP contribution >= 0.6 is 11.6 Å². The van der Waals surface area contributed by atoms with E-state index in [1.165, 1.54) is 20.3 Å². The molecule has 18 heavy (non-hydrogen) atoms. The highest BCUT2D eigenvalue weighted by Gasteiger charge is 2.20. The number of nitrogens with one attached hydrogen (secondary N) is 1. The number of sulfonamides is 1.